The van der Waals surface area contributed by atoms with E-state index in [2.05, 4.69) is 19.2 Å². The van der Waals surface area contributed by atoms with Crippen molar-refractivity contribution in [3.8, 4) is 0 Å². The number of rotatable bonds is 5. The minimum absolute atomic E-state index is 0.0113. The Morgan fingerprint density at radius 3 is 2.61 bits per heavy atom. The molecule has 0 saturated carbocycles. The van der Waals surface area contributed by atoms with Crippen LogP contribution in [0.5, 0.6) is 0 Å². The number of thioether (sulfide) groups is 1. The predicted molar refractivity (Wildman–Crippen MR) is 79.6 cm³/mol. The van der Waals surface area contributed by atoms with Gasteiger partial charge in [0, 0.05) is 16.0 Å². The fraction of sp³-hybridized carbons (Fsp3) is 0.462. The molecule has 0 heterocycles. The van der Waals surface area contributed by atoms with Crippen molar-refractivity contribution in [3.05, 3.63) is 28.2 Å². The molecule has 0 fully saturated rings. The first kappa shape index (κ1) is 15.7. The molecule has 1 rings (SSSR count). The molecule has 2 nitrogen and oxygen atoms in total. The number of carbonyl (C=O) groups is 1. The van der Waals surface area contributed by atoms with Gasteiger partial charge in [-0.1, -0.05) is 37.0 Å². The van der Waals surface area contributed by atoms with Crippen LogP contribution in [0.25, 0.3) is 0 Å². The average Bonchev–Trinajstić information content (AvgIpc) is 2.30. The van der Waals surface area contributed by atoms with Gasteiger partial charge in [0.2, 0.25) is 5.91 Å². The normalized spacial score (nSPS) is 12.6. The summed E-state index contributed by atoms with van der Waals surface area (Å²) in [6.07, 6.45) is 0. The van der Waals surface area contributed by atoms with E-state index in [1.54, 1.807) is 18.2 Å². The zero-order valence-electron chi connectivity index (χ0n) is 10.7. The van der Waals surface area contributed by atoms with Gasteiger partial charge in [-0.3, -0.25) is 4.79 Å². The molecule has 1 aromatic rings. The number of nitrogens with one attached hydrogen (secondary N) is 1. The highest BCUT2D eigenvalue weighted by atomic mass is 35.5. The van der Waals surface area contributed by atoms with Gasteiger partial charge in [-0.05, 0) is 31.0 Å². The summed E-state index contributed by atoms with van der Waals surface area (Å²) in [7, 11) is 0. The van der Waals surface area contributed by atoms with Crippen LogP contribution in [0.15, 0.2) is 23.1 Å². The monoisotopic (exact) mass is 305 g/mol. The molecule has 1 aromatic carbocycles. The third-order valence-corrected chi connectivity index (χ3v) is 4.37. The van der Waals surface area contributed by atoms with E-state index in [-0.39, 0.29) is 11.9 Å². The van der Waals surface area contributed by atoms with E-state index in [4.69, 9.17) is 23.2 Å². The van der Waals surface area contributed by atoms with Crippen molar-refractivity contribution in [2.75, 3.05) is 5.75 Å². The lowest BCUT2D eigenvalue weighted by Crippen LogP contribution is -2.37. The van der Waals surface area contributed by atoms with Crippen LogP contribution in [-0.2, 0) is 4.79 Å². The highest BCUT2D eigenvalue weighted by molar-refractivity contribution is 8.00. The van der Waals surface area contributed by atoms with Crippen LogP contribution >= 0.6 is 35.0 Å². The van der Waals surface area contributed by atoms with Crippen LogP contribution in [0.3, 0.4) is 0 Å². The second-order valence-corrected chi connectivity index (χ2v) is 6.32. The van der Waals surface area contributed by atoms with Gasteiger partial charge in [0.25, 0.3) is 0 Å². The van der Waals surface area contributed by atoms with E-state index in [1.165, 1.54) is 11.8 Å². The summed E-state index contributed by atoms with van der Waals surface area (Å²) in [5.41, 5.74) is 0. The molecule has 0 radical (unpaired) electrons. The summed E-state index contributed by atoms with van der Waals surface area (Å²) < 4.78 is 0. The first-order valence-electron chi connectivity index (χ1n) is 5.77. The van der Waals surface area contributed by atoms with Crippen LogP contribution in [0.4, 0.5) is 0 Å². The molecule has 0 aliphatic carbocycles. The maximum atomic E-state index is 11.7. The van der Waals surface area contributed by atoms with Gasteiger partial charge < -0.3 is 5.32 Å². The Morgan fingerprint density at radius 1 is 1.33 bits per heavy atom. The van der Waals surface area contributed by atoms with Gasteiger partial charge >= 0.3 is 0 Å². The van der Waals surface area contributed by atoms with E-state index < -0.39 is 0 Å². The zero-order valence-corrected chi connectivity index (χ0v) is 13.0. The number of carbonyl (C=O) groups excluding carboxylic acids is 1. The van der Waals surface area contributed by atoms with Crippen LogP contribution in [0, 0.1) is 5.92 Å². The molecule has 0 aliphatic rings. The maximum absolute atomic E-state index is 11.7. The zero-order chi connectivity index (χ0) is 13.7. The van der Waals surface area contributed by atoms with E-state index in [0.717, 1.165) is 4.90 Å². The smallest absolute Gasteiger partial charge is 0.230 e. The van der Waals surface area contributed by atoms with Crippen LogP contribution in [-0.4, -0.2) is 17.7 Å². The maximum Gasteiger partial charge on any atom is 0.230 e. The summed E-state index contributed by atoms with van der Waals surface area (Å²) in [5, 5.41) is 4.19. The molecule has 1 N–H and O–H groups in total. The molecule has 1 atom stereocenters. The van der Waals surface area contributed by atoms with Crippen molar-refractivity contribution in [1.82, 2.24) is 5.32 Å². The van der Waals surface area contributed by atoms with Crippen LogP contribution in [0.2, 0.25) is 10.0 Å². The van der Waals surface area contributed by atoms with Gasteiger partial charge in [-0.15, -0.1) is 11.8 Å². The molecule has 0 aromatic heterocycles. The van der Waals surface area contributed by atoms with E-state index in [9.17, 15) is 4.79 Å². The highest BCUT2D eigenvalue weighted by Crippen LogP contribution is 2.29. The molecule has 5 heteroatoms. The third-order valence-electron chi connectivity index (χ3n) is 2.64. The Labute approximate surface area is 122 Å². The second-order valence-electron chi connectivity index (χ2n) is 4.46. The van der Waals surface area contributed by atoms with Gasteiger partial charge in [0.15, 0.2) is 0 Å². The lowest BCUT2D eigenvalue weighted by Gasteiger charge is -2.17. The Bertz CT molecular complexity index is 423. The minimum atomic E-state index is 0.0113. The highest BCUT2D eigenvalue weighted by Gasteiger charge is 2.11. The minimum Gasteiger partial charge on any atom is -0.353 e. The van der Waals surface area contributed by atoms with Gasteiger partial charge in [-0.25, -0.2) is 0 Å². The summed E-state index contributed by atoms with van der Waals surface area (Å²) in [4.78, 5) is 12.5. The number of halogens is 2. The summed E-state index contributed by atoms with van der Waals surface area (Å²) in [6, 6.07) is 5.41. The lowest BCUT2D eigenvalue weighted by atomic mass is 10.1. The van der Waals surface area contributed by atoms with Gasteiger partial charge in [0.05, 0.1) is 10.8 Å². The van der Waals surface area contributed by atoms with Crippen molar-refractivity contribution in [2.24, 2.45) is 5.92 Å². The number of hydrogen-bond acceptors (Lipinski definition) is 2. The van der Waals surface area contributed by atoms with Gasteiger partial charge in [-0.2, -0.15) is 0 Å². The number of benzene rings is 1. The third kappa shape index (κ3) is 5.09. The Hall–Kier alpha value is -0.380. The van der Waals surface area contributed by atoms with E-state index >= 15 is 0 Å². The Morgan fingerprint density at radius 2 is 2.00 bits per heavy atom. The molecule has 0 saturated heterocycles. The molecule has 0 aliphatic heterocycles. The largest absolute Gasteiger partial charge is 0.353 e. The molecular weight excluding hydrogens is 289 g/mol. The second kappa shape index (κ2) is 7.27. The van der Waals surface area contributed by atoms with Crippen LogP contribution < -0.4 is 5.32 Å². The number of hydrogen-bond donors (Lipinski definition) is 1. The number of amides is 1. The van der Waals surface area contributed by atoms with Crippen LogP contribution in [0.1, 0.15) is 20.8 Å². The first-order valence-corrected chi connectivity index (χ1v) is 7.51. The SMILES string of the molecule is CC(C)C(C)NC(=O)CSc1cc(Cl)ccc1Cl. The van der Waals surface area contributed by atoms with Crippen molar-refractivity contribution in [2.45, 2.75) is 31.7 Å². The molecule has 18 heavy (non-hydrogen) atoms. The molecule has 1 amide bonds. The average molecular weight is 306 g/mol. The van der Waals surface area contributed by atoms with E-state index in [1.807, 2.05) is 6.92 Å². The van der Waals surface area contributed by atoms with Crippen molar-refractivity contribution < 1.29 is 4.79 Å². The molecule has 0 spiro atoms. The van der Waals surface area contributed by atoms with E-state index in [0.29, 0.717) is 21.7 Å². The topological polar surface area (TPSA) is 29.1 Å². The molecular formula is C13H17Cl2NOS. The molecule has 100 valence electrons. The quantitative estimate of drug-likeness (QED) is 0.824. The summed E-state index contributed by atoms with van der Waals surface area (Å²) in [5.74, 6) is 0.780. The Balaban J connectivity index is 2.50. The van der Waals surface area contributed by atoms with Gasteiger partial charge in [0.1, 0.15) is 0 Å². The first-order chi connectivity index (χ1) is 8.40. The standard InChI is InChI=1S/C13H17Cl2NOS/c1-8(2)9(3)16-13(17)7-18-12-6-10(14)4-5-11(12)15/h4-6,8-9H,7H2,1-3H3,(H,16,17). The summed E-state index contributed by atoms with van der Waals surface area (Å²) in [6.45, 7) is 6.15. The fourth-order valence-corrected chi connectivity index (χ4v) is 2.50. The van der Waals surface area contributed by atoms with Crippen molar-refractivity contribution >= 4 is 40.9 Å². The summed E-state index contributed by atoms with van der Waals surface area (Å²) >= 11 is 13.3. The molecule has 0 bridgehead atoms. The Kier molecular flexibility index (Phi) is 6.33. The molecule has 1 unspecified atom stereocenters. The predicted octanol–water partition coefficient (Wildman–Crippen LogP) is 4.25. The van der Waals surface area contributed by atoms with Crippen molar-refractivity contribution in [3.63, 3.8) is 0 Å². The van der Waals surface area contributed by atoms with Crippen molar-refractivity contribution in [1.29, 1.82) is 0 Å². The lowest BCUT2D eigenvalue weighted by molar-refractivity contribution is -0.119. The fourth-order valence-electron chi connectivity index (χ4n) is 1.19.